The zero-order chi connectivity index (χ0) is 16.4. The van der Waals surface area contributed by atoms with E-state index < -0.39 is 10.0 Å². The van der Waals surface area contributed by atoms with Crippen LogP contribution in [0.2, 0.25) is 0 Å². The molecule has 0 saturated heterocycles. The minimum atomic E-state index is -3.52. The third-order valence-corrected chi connectivity index (χ3v) is 4.88. The highest BCUT2D eigenvalue weighted by molar-refractivity contribution is 7.89. The Morgan fingerprint density at radius 2 is 1.81 bits per heavy atom. The van der Waals surface area contributed by atoms with Crippen LogP contribution in [0.5, 0.6) is 0 Å². The second-order valence-electron chi connectivity index (χ2n) is 6.55. The molecule has 0 aliphatic heterocycles. The molecule has 0 radical (unpaired) electrons. The summed E-state index contributed by atoms with van der Waals surface area (Å²) in [7, 11) is -0.547. The van der Waals surface area contributed by atoms with Crippen LogP contribution in [0.1, 0.15) is 32.8 Å². The Bertz CT molecular complexity index is 629. The monoisotopic (exact) mass is 312 g/mol. The standard InChI is InChI=1S/C15H24N2O3S/c1-11-7-8-12(16-14(18)10-15(2,3)4)9-13(11)21(19,20)17(5)6/h7-9H,10H2,1-6H3,(H,16,18). The number of carbonyl (C=O) groups is 1. The first-order valence-electron chi connectivity index (χ1n) is 6.76. The largest absolute Gasteiger partial charge is 0.326 e. The second-order valence-corrected chi connectivity index (χ2v) is 8.67. The number of anilines is 1. The van der Waals surface area contributed by atoms with Crippen LogP contribution in [0.4, 0.5) is 5.69 Å². The molecular weight excluding hydrogens is 288 g/mol. The Morgan fingerprint density at radius 1 is 1.24 bits per heavy atom. The number of hydrogen-bond donors (Lipinski definition) is 1. The zero-order valence-electron chi connectivity index (χ0n) is 13.5. The number of carbonyl (C=O) groups excluding carboxylic acids is 1. The van der Waals surface area contributed by atoms with Crippen molar-refractivity contribution in [1.82, 2.24) is 4.31 Å². The molecule has 0 aromatic heterocycles. The first-order valence-corrected chi connectivity index (χ1v) is 8.20. The van der Waals surface area contributed by atoms with Gasteiger partial charge in [-0.1, -0.05) is 26.8 Å². The predicted molar refractivity (Wildman–Crippen MR) is 84.8 cm³/mol. The van der Waals surface area contributed by atoms with Crippen LogP contribution in [-0.2, 0) is 14.8 Å². The highest BCUT2D eigenvalue weighted by atomic mass is 32.2. The second kappa shape index (κ2) is 6.15. The average molecular weight is 312 g/mol. The van der Waals surface area contributed by atoms with Gasteiger partial charge in [-0.15, -0.1) is 0 Å². The Balaban J connectivity index is 3.06. The number of aryl methyl sites for hydroxylation is 1. The van der Waals surface area contributed by atoms with Crippen LogP contribution >= 0.6 is 0 Å². The van der Waals surface area contributed by atoms with E-state index in [4.69, 9.17) is 0 Å². The molecule has 0 aliphatic carbocycles. The molecule has 1 aromatic carbocycles. The van der Waals surface area contributed by atoms with E-state index in [1.54, 1.807) is 19.1 Å². The van der Waals surface area contributed by atoms with E-state index in [0.717, 1.165) is 4.31 Å². The number of nitrogens with zero attached hydrogens (tertiary/aromatic N) is 1. The molecule has 0 atom stereocenters. The first kappa shape index (κ1) is 17.7. The molecule has 0 bridgehead atoms. The maximum atomic E-state index is 12.2. The molecule has 1 N–H and O–H groups in total. The summed E-state index contributed by atoms with van der Waals surface area (Å²) >= 11 is 0. The molecule has 1 amide bonds. The topological polar surface area (TPSA) is 66.5 Å². The van der Waals surface area contributed by atoms with Gasteiger partial charge in [-0.05, 0) is 30.0 Å². The van der Waals surface area contributed by atoms with Gasteiger partial charge in [0.1, 0.15) is 0 Å². The summed E-state index contributed by atoms with van der Waals surface area (Å²) in [6.45, 7) is 7.66. The molecule has 1 rings (SSSR count). The van der Waals surface area contributed by atoms with E-state index in [2.05, 4.69) is 5.32 Å². The maximum Gasteiger partial charge on any atom is 0.242 e. The third kappa shape index (κ3) is 4.82. The Hall–Kier alpha value is -1.40. The van der Waals surface area contributed by atoms with E-state index in [1.807, 2.05) is 20.8 Å². The molecule has 0 aliphatic rings. The highest BCUT2D eigenvalue weighted by Crippen LogP contribution is 2.24. The van der Waals surface area contributed by atoms with Gasteiger partial charge in [0, 0.05) is 26.2 Å². The third-order valence-electron chi connectivity index (χ3n) is 2.92. The maximum absolute atomic E-state index is 12.2. The smallest absolute Gasteiger partial charge is 0.242 e. The Kier molecular flexibility index (Phi) is 5.17. The van der Waals surface area contributed by atoms with E-state index in [9.17, 15) is 13.2 Å². The minimum absolute atomic E-state index is 0.118. The van der Waals surface area contributed by atoms with E-state index >= 15 is 0 Å². The molecule has 5 nitrogen and oxygen atoms in total. The number of sulfonamides is 1. The SMILES string of the molecule is Cc1ccc(NC(=O)CC(C)(C)C)cc1S(=O)(=O)N(C)C. The van der Waals surface area contributed by atoms with Crippen molar-refractivity contribution in [3.05, 3.63) is 23.8 Å². The Labute approximate surface area is 127 Å². The number of benzene rings is 1. The summed E-state index contributed by atoms with van der Waals surface area (Å²) in [5, 5.41) is 2.76. The van der Waals surface area contributed by atoms with Gasteiger partial charge in [0.05, 0.1) is 4.90 Å². The van der Waals surface area contributed by atoms with Crippen molar-refractivity contribution in [3.8, 4) is 0 Å². The van der Waals surface area contributed by atoms with Crippen LogP contribution < -0.4 is 5.32 Å². The van der Waals surface area contributed by atoms with Crippen LogP contribution in [0.3, 0.4) is 0 Å². The fourth-order valence-corrected chi connectivity index (χ4v) is 2.98. The van der Waals surface area contributed by atoms with Crippen molar-refractivity contribution in [1.29, 1.82) is 0 Å². The molecule has 0 unspecified atom stereocenters. The normalized spacial score (nSPS) is 12.5. The van der Waals surface area contributed by atoms with Crippen molar-refractivity contribution in [2.24, 2.45) is 5.41 Å². The van der Waals surface area contributed by atoms with Crippen LogP contribution in [0.15, 0.2) is 23.1 Å². The summed E-state index contributed by atoms with van der Waals surface area (Å²) < 4.78 is 25.6. The number of amides is 1. The molecule has 0 spiro atoms. The van der Waals surface area contributed by atoms with Gasteiger partial charge in [-0.3, -0.25) is 4.79 Å². The predicted octanol–water partition coefficient (Wildman–Crippen LogP) is 2.62. The highest BCUT2D eigenvalue weighted by Gasteiger charge is 2.21. The van der Waals surface area contributed by atoms with Crippen molar-refractivity contribution in [2.75, 3.05) is 19.4 Å². The first-order chi connectivity index (χ1) is 9.43. The number of hydrogen-bond acceptors (Lipinski definition) is 3. The summed E-state index contributed by atoms with van der Waals surface area (Å²) in [5.74, 6) is -0.125. The number of nitrogens with one attached hydrogen (secondary N) is 1. The lowest BCUT2D eigenvalue weighted by Crippen LogP contribution is -2.23. The lowest BCUT2D eigenvalue weighted by Gasteiger charge is -2.18. The molecule has 6 heteroatoms. The summed E-state index contributed by atoms with van der Waals surface area (Å²) in [4.78, 5) is 12.1. The van der Waals surface area contributed by atoms with Crippen molar-refractivity contribution < 1.29 is 13.2 Å². The summed E-state index contributed by atoms with van der Waals surface area (Å²) in [6, 6.07) is 4.92. The fourth-order valence-electron chi connectivity index (χ4n) is 1.84. The van der Waals surface area contributed by atoms with Gasteiger partial charge in [-0.25, -0.2) is 12.7 Å². The zero-order valence-corrected chi connectivity index (χ0v) is 14.3. The van der Waals surface area contributed by atoms with Crippen molar-refractivity contribution in [3.63, 3.8) is 0 Å². The average Bonchev–Trinajstić information content (AvgIpc) is 2.28. The lowest BCUT2D eigenvalue weighted by atomic mass is 9.92. The van der Waals surface area contributed by atoms with Crippen LogP contribution in [0.25, 0.3) is 0 Å². The van der Waals surface area contributed by atoms with Crippen molar-refractivity contribution >= 4 is 21.6 Å². The quantitative estimate of drug-likeness (QED) is 0.929. The summed E-state index contributed by atoms with van der Waals surface area (Å²) in [6.07, 6.45) is 0.372. The van der Waals surface area contributed by atoms with Gasteiger partial charge in [0.15, 0.2) is 0 Å². The van der Waals surface area contributed by atoms with Crippen LogP contribution in [-0.4, -0.2) is 32.7 Å². The Morgan fingerprint density at radius 3 is 2.29 bits per heavy atom. The minimum Gasteiger partial charge on any atom is -0.326 e. The van der Waals surface area contributed by atoms with Crippen LogP contribution in [0, 0.1) is 12.3 Å². The molecule has 0 fully saturated rings. The van der Waals surface area contributed by atoms with Gasteiger partial charge < -0.3 is 5.32 Å². The van der Waals surface area contributed by atoms with E-state index in [0.29, 0.717) is 17.7 Å². The van der Waals surface area contributed by atoms with Gasteiger partial charge in [-0.2, -0.15) is 0 Å². The van der Waals surface area contributed by atoms with Gasteiger partial charge in [0.25, 0.3) is 0 Å². The molecule has 0 saturated carbocycles. The van der Waals surface area contributed by atoms with E-state index in [1.165, 1.54) is 20.2 Å². The van der Waals surface area contributed by atoms with E-state index in [-0.39, 0.29) is 16.2 Å². The lowest BCUT2D eigenvalue weighted by molar-refractivity contribution is -0.117. The molecule has 21 heavy (non-hydrogen) atoms. The van der Waals surface area contributed by atoms with Gasteiger partial charge >= 0.3 is 0 Å². The molecule has 0 heterocycles. The fraction of sp³-hybridized carbons (Fsp3) is 0.533. The summed E-state index contributed by atoms with van der Waals surface area (Å²) in [5.41, 5.74) is 1.03. The van der Waals surface area contributed by atoms with Crippen molar-refractivity contribution in [2.45, 2.75) is 39.0 Å². The molecule has 1 aromatic rings. The number of rotatable bonds is 4. The molecular formula is C15H24N2O3S. The van der Waals surface area contributed by atoms with Gasteiger partial charge in [0.2, 0.25) is 15.9 Å². The molecule has 118 valence electrons.